The second-order valence-corrected chi connectivity index (χ2v) is 5.74. The lowest BCUT2D eigenvalue weighted by Crippen LogP contribution is -2.23. The van der Waals surface area contributed by atoms with Crippen molar-refractivity contribution in [3.05, 3.63) is 47.4 Å². The van der Waals surface area contributed by atoms with Crippen LogP contribution in [-0.4, -0.2) is 10.1 Å². The van der Waals surface area contributed by atoms with E-state index in [1.165, 1.54) is 25.3 Å². The Balaban J connectivity index is 1.69. The zero-order valence-corrected chi connectivity index (χ0v) is 12.0. The highest BCUT2D eigenvalue weighted by molar-refractivity contribution is 5.20. The summed E-state index contributed by atoms with van der Waals surface area (Å²) in [5.74, 6) is 1.13. The molecule has 1 fully saturated rings. The second kappa shape index (κ2) is 6.35. The molecule has 1 aromatic carbocycles. The lowest BCUT2D eigenvalue weighted by molar-refractivity contribution is 0.255. The topological polar surface area (TPSA) is 64.9 Å². The van der Waals surface area contributed by atoms with E-state index in [1.54, 1.807) is 18.2 Å². The molecule has 4 nitrogen and oxygen atoms in total. The highest BCUT2D eigenvalue weighted by atomic mass is 19.1. The Labute approximate surface area is 123 Å². The quantitative estimate of drug-likeness (QED) is 0.937. The van der Waals surface area contributed by atoms with E-state index in [1.807, 2.05) is 0 Å². The first-order valence-corrected chi connectivity index (χ1v) is 7.55. The van der Waals surface area contributed by atoms with Crippen LogP contribution in [0, 0.1) is 11.7 Å². The number of nitrogens with zero attached hydrogens (tertiary/aromatic N) is 2. The van der Waals surface area contributed by atoms with Gasteiger partial charge in [-0.05, 0) is 30.4 Å². The van der Waals surface area contributed by atoms with Gasteiger partial charge in [0.25, 0.3) is 0 Å². The van der Waals surface area contributed by atoms with E-state index in [4.69, 9.17) is 10.3 Å². The standard InChI is InChI=1S/C16H20FN3O/c17-13-9-5-4-8-12(13)10-14-19-16(21-20-14)15(18)11-6-2-1-3-7-11/h4-5,8-9,11,15H,1-3,6-7,10,18H2. The SMILES string of the molecule is NC(c1nc(Cc2ccccc2F)no1)C1CCCCC1. The number of benzene rings is 1. The van der Waals surface area contributed by atoms with Crippen LogP contribution in [0.1, 0.15) is 55.4 Å². The summed E-state index contributed by atoms with van der Waals surface area (Å²) in [7, 11) is 0. The number of rotatable bonds is 4. The highest BCUT2D eigenvalue weighted by Crippen LogP contribution is 2.32. The van der Waals surface area contributed by atoms with Crippen LogP contribution in [0.5, 0.6) is 0 Å². The molecule has 0 radical (unpaired) electrons. The van der Waals surface area contributed by atoms with Crippen LogP contribution < -0.4 is 5.73 Å². The molecule has 3 rings (SSSR count). The van der Waals surface area contributed by atoms with Crippen LogP contribution in [0.15, 0.2) is 28.8 Å². The van der Waals surface area contributed by atoms with Crippen LogP contribution >= 0.6 is 0 Å². The molecule has 0 bridgehead atoms. The molecule has 1 saturated carbocycles. The van der Waals surface area contributed by atoms with Crippen molar-refractivity contribution in [1.29, 1.82) is 0 Å². The van der Waals surface area contributed by atoms with Crippen LogP contribution in [0.4, 0.5) is 4.39 Å². The predicted octanol–water partition coefficient (Wildman–Crippen LogP) is 3.38. The maximum Gasteiger partial charge on any atom is 0.243 e. The van der Waals surface area contributed by atoms with Crippen molar-refractivity contribution in [1.82, 2.24) is 10.1 Å². The first-order chi connectivity index (χ1) is 10.2. The molecule has 0 spiro atoms. The van der Waals surface area contributed by atoms with Gasteiger partial charge >= 0.3 is 0 Å². The molecule has 1 heterocycles. The highest BCUT2D eigenvalue weighted by Gasteiger charge is 2.26. The molecule has 1 aliphatic carbocycles. The van der Waals surface area contributed by atoms with E-state index >= 15 is 0 Å². The summed E-state index contributed by atoms with van der Waals surface area (Å²) in [5.41, 5.74) is 6.80. The Morgan fingerprint density at radius 2 is 2.00 bits per heavy atom. The molecule has 112 valence electrons. The molecule has 0 saturated heterocycles. The zero-order chi connectivity index (χ0) is 14.7. The molecule has 2 aromatic rings. The Kier molecular flexibility index (Phi) is 4.29. The van der Waals surface area contributed by atoms with Gasteiger partial charge in [0.05, 0.1) is 6.04 Å². The summed E-state index contributed by atoms with van der Waals surface area (Å²) in [6.07, 6.45) is 6.28. The fourth-order valence-corrected chi connectivity index (χ4v) is 2.98. The largest absolute Gasteiger partial charge is 0.338 e. The number of aromatic nitrogens is 2. The molecule has 1 aliphatic rings. The lowest BCUT2D eigenvalue weighted by atomic mass is 9.84. The minimum absolute atomic E-state index is 0.202. The third-order valence-corrected chi connectivity index (χ3v) is 4.23. The summed E-state index contributed by atoms with van der Waals surface area (Å²) in [4.78, 5) is 4.35. The van der Waals surface area contributed by atoms with Crippen molar-refractivity contribution < 1.29 is 8.91 Å². The predicted molar refractivity (Wildman–Crippen MR) is 77.0 cm³/mol. The molecule has 21 heavy (non-hydrogen) atoms. The Morgan fingerprint density at radius 3 is 2.76 bits per heavy atom. The molecule has 0 aliphatic heterocycles. The summed E-state index contributed by atoms with van der Waals surface area (Å²) in [5, 5.41) is 3.94. The van der Waals surface area contributed by atoms with Crippen LogP contribution in [0.25, 0.3) is 0 Å². The first-order valence-electron chi connectivity index (χ1n) is 7.55. The normalized spacial score (nSPS) is 17.8. The van der Waals surface area contributed by atoms with Gasteiger partial charge in [0.2, 0.25) is 5.89 Å². The van der Waals surface area contributed by atoms with Gasteiger partial charge in [0.15, 0.2) is 5.82 Å². The smallest absolute Gasteiger partial charge is 0.243 e. The summed E-state index contributed by atoms with van der Waals surface area (Å²) in [6.45, 7) is 0. The Morgan fingerprint density at radius 1 is 1.24 bits per heavy atom. The summed E-state index contributed by atoms with van der Waals surface area (Å²) in [6, 6.07) is 6.43. The van der Waals surface area contributed by atoms with Gasteiger partial charge in [-0.1, -0.05) is 42.6 Å². The maximum absolute atomic E-state index is 13.6. The Hall–Kier alpha value is -1.75. The van der Waals surface area contributed by atoms with Crippen molar-refractivity contribution in [2.75, 3.05) is 0 Å². The number of nitrogens with two attached hydrogens (primary N) is 1. The van der Waals surface area contributed by atoms with Gasteiger partial charge in [-0.25, -0.2) is 4.39 Å². The average Bonchev–Trinajstić information content (AvgIpc) is 2.98. The number of halogens is 1. The minimum Gasteiger partial charge on any atom is -0.338 e. The molecule has 5 heteroatoms. The van der Waals surface area contributed by atoms with Gasteiger partial charge in [-0.2, -0.15) is 4.98 Å². The fourth-order valence-electron chi connectivity index (χ4n) is 2.98. The van der Waals surface area contributed by atoms with Crippen molar-refractivity contribution in [3.63, 3.8) is 0 Å². The molecule has 2 N–H and O–H groups in total. The van der Waals surface area contributed by atoms with E-state index < -0.39 is 0 Å². The van der Waals surface area contributed by atoms with E-state index in [2.05, 4.69) is 10.1 Å². The van der Waals surface area contributed by atoms with Gasteiger partial charge in [-0.15, -0.1) is 0 Å². The van der Waals surface area contributed by atoms with E-state index in [0.29, 0.717) is 29.6 Å². The molecule has 1 unspecified atom stereocenters. The van der Waals surface area contributed by atoms with Crippen molar-refractivity contribution in [3.8, 4) is 0 Å². The van der Waals surface area contributed by atoms with Crippen molar-refractivity contribution in [2.45, 2.75) is 44.6 Å². The van der Waals surface area contributed by atoms with E-state index in [0.717, 1.165) is 12.8 Å². The molecular formula is C16H20FN3O. The van der Waals surface area contributed by atoms with Gasteiger partial charge in [0.1, 0.15) is 5.82 Å². The Bertz CT molecular complexity index is 593. The van der Waals surface area contributed by atoms with E-state index in [9.17, 15) is 4.39 Å². The molecule has 0 amide bonds. The van der Waals surface area contributed by atoms with Crippen LogP contribution in [0.2, 0.25) is 0 Å². The minimum atomic E-state index is -0.250. The monoisotopic (exact) mass is 289 g/mol. The fraction of sp³-hybridized carbons (Fsp3) is 0.500. The average molecular weight is 289 g/mol. The number of hydrogen-bond acceptors (Lipinski definition) is 4. The third-order valence-electron chi connectivity index (χ3n) is 4.23. The molecule has 1 aromatic heterocycles. The van der Waals surface area contributed by atoms with Gasteiger partial charge < -0.3 is 10.3 Å². The first kappa shape index (κ1) is 14.2. The van der Waals surface area contributed by atoms with E-state index in [-0.39, 0.29) is 11.9 Å². The number of hydrogen-bond donors (Lipinski definition) is 1. The zero-order valence-electron chi connectivity index (χ0n) is 12.0. The van der Waals surface area contributed by atoms with Gasteiger partial charge in [-0.3, -0.25) is 0 Å². The summed E-state index contributed by atoms with van der Waals surface area (Å²) < 4.78 is 18.9. The maximum atomic E-state index is 13.6. The second-order valence-electron chi connectivity index (χ2n) is 5.74. The van der Waals surface area contributed by atoms with Crippen molar-refractivity contribution >= 4 is 0 Å². The van der Waals surface area contributed by atoms with Crippen molar-refractivity contribution in [2.24, 2.45) is 11.7 Å². The lowest BCUT2D eigenvalue weighted by Gasteiger charge is -2.24. The molecular weight excluding hydrogens is 269 g/mol. The van der Waals surface area contributed by atoms with Gasteiger partial charge in [0, 0.05) is 6.42 Å². The third kappa shape index (κ3) is 3.29. The van der Waals surface area contributed by atoms with Crippen LogP contribution in [-0.2, 0) is 6.42 Å². The molecule has 1 atom stereocenters. The van der Waals surface area contributed by atoms with Crippen LogP contribution in [0.3, 0.4) is 0 Å². The summed E-state index contributed by atoms with van der Waals surface area (Å²) >= 11 is 0.